The first kappa shape index (κ1) is 13.9. The Balaban J connectivity index is 1.93. The van der Waals surface area contributed by atoms with E-state index in [4.69, 9.17) is 0 Å². The van der Waals surface area contributed by atoms with Crippen LogP contribution in [0.2, 0.25) is 0 Å². The fourth-order valence-corrected chi connectivity index (χ4v) is 7.62. The number of hydrogen-bond acceptors (Lipinski definition) is 0. The molecule has 0 aliphatic carbocycles. The average Bonchev–Trinajstić information content (AvgIpc) is 2.46. The molecule has 0 bridgehead atoms. The summed E-state index contributed by atoms with van der Waals surface area (Å²) >= 11 is 1.24. The Hall–Kier alpha value is -0.521. The molecule has 2 aromatic carbocycles. The zero-order valence-corrected chi connectivity index (χ0v) is 14.3. The fraction of sp³-hybridized carbons (Fsp3) is 0.250. The Kier molecular flexibility index (Phi) is 5.53. The van der Waals surface area contributed by atoms with E-state index >= 15 is 0 Å². The predicted octanol–water partition coefficient (Wildman–Crippen LogP) is 2.09. The van der Waals surface area contributed by atoms with Crippen molar-refractivity contribution in [2.24, 2.45) is 0 Å². The van der Waals surface area contributed by atoms with E-state index in [1.54, 1.807) is 0 Å². The van der Waals surface area contributed by atoms with Gasteiger partial charge in [0.15, 0.2) is 0 Å². The van der Waals surface area contributed by atoms with Crippen molar-refractivity contribution < 1.29 is 0 Å². The normalized spacial score (nSPS) is 10.6. The first-order chi connectivity index (χ1) is 8.81. The summed E-state index contributed by atoms with van der Waals surface area (Å²) in [5, 5.41) is 0. The summed E-state index contributed by atoms with van der Waals surface area (Å²) in [6.07, 6.45) is 2.27. The van der Waals surface area contributed by atoms with E-state index < -0.39 is 0 Å². The van der Waals surface area contributed by atoms with Gasteiger partial charge in [-0.15, -0.1) is 0 Å². The molecule has 0 heterocycles. The van der Waals surface area contributed by atoms with Crippen LogP contribution in [0.5, 0.6) is 0 Å². The molecule has 0 saturated carbocycles. The van der Waals surface area contributed by atoms with Crippen LogP contribution in [0.3, 0.4) is 0 Å². The molecule has 0 spiro atoms. The Morgan fingerprint density at radius 3 is 1.22 bits per heavy atom. The van der Waals surface area contributed by atoms with Crippen LogP contribution >= 0.6 is 0 Å². The maximum absolute atomic E-state index is 2.31. The Morgan fingerprint density at radius 1 is 0.611 bits per heavy atom. The third kappa shape index (κ3) is 4.00. The fourth-order valence-electron chi connectivity index (χ4n) is 1.66. The summed E-state index contributed by atoms with van der Waals surface area (Å²) in [6.45, 7) is 4.42. The van der Waals surface area contributed by atoms with Gasteiger partial charge in [-0.3, -0.25) is 0 Å². The van der Waals surface area contributed by atoms with E-state index in [1.165, 1.54) is 20.1 Å². The van der Waals surface area contributed by atoms with Gasteiger partial charge in [-0.1, -0.05) is 0 Å². The molecular formula is C16H18Se2. The van der Waals surface area contributed by atoms with Gasteiger partial charge in [0.2, 0.25) is 0 Å². The van der Waals surface area contributed by atoms with Gasteiger partial charge in [0.1, 0.15) is 0 Å². The Bertz CT molecular complexity index is 424. The van der Waals surface area contributed by atoms with Gasteiger partial charge in [0, 0.05) is 0 Å². The molecule has 0 radical (unpaired) electrons. The minimum absolute atomic E-state index is 0.618. The monoisotopic (exact) mass is 370 g/mol. The van der Waals surface area contributed by atoms with Crippen LogP contribution in [0.1, 0.15) is 25.0 Å². The van der Waals surface area contributed by atoms with Crippen molar-refractivity contribution >= 4 is 35.2 Å². The van der Waals surface area contributed by atoms with Crippen molar-refractivity contribution in [3.63, 3.8) is 0 Å². The molecule has 0 atom stereocenters. The van der Waals surface area contributed by atoms with Crippen LogP contribution < -0.4 is 8.92 Å². The van der Waals surface area contributed by atoms with E-state index in [0.29, 0.717) is 26.3 Å². The number of aryl methyl sites for hydroxylation is 2. The van der Waals surface area contributed by atoms with Crippen molar-refractivity contribution in [1.82, 2.24) is 0 Å². The van der Waals surface area contributed by atoms with E-state index in [-0.39, 0.29) is 0 Å². The summed E-state index contributed by atoms with van der Waals surface area (Å²) in [5.74, 6) is 0. The molecule has 94 valence electrons. The molecule has 0 aromatic heterocycles. The molecule has 0 unspecified atom stereocenters. The van der Waals surface area contributed by atoms with E-state index in [9.17, 15) is 0 Å². The molecule has 0 nitrogen and oxygen atoms in total. The van der Waals surface area contributed by atoms with E-state index in [0.717, 1.165) is 12.8 Å². The second-order valence-corrected chi connectivity index (χ2v) is 10.5. The first-order valence-corrected chi connectivity index (χ1v) is 12.4. The Labute approximate surface area is 121 Å². The van der Waals surface area contributed by atoms with E-state index in [2.05, 4.69) is 62.4 Å². The second kappa shape index (κ2) is 7.16. The second-order valence-electron chi connectivity index (χ2n) is 4.16. The average molecular weight is 368 g/mol. The summed E-state index contributed by atoms with van der Waals surface area (Å²) in [7, 11) is 0. The quantitative estimate of drug-likeness (QED) is 0.710. The van der Waals surface area contributed by atoms with Gasteiger partial charge in [0.25, 0.3) is 0 Å². The van der Waals surface area contributed by atoms with Crippen LogP contribution in [0.25, 0.3) is 0 Å². The third-order valence-corrected chi connectivity index (χ3v) is 10.1. The molecule has 0 amide bonds. The van der Waals surface area contributed by atoms with Gasteiger partial charge in [0.05, 0.1) is 0 Å². The summed E-state index contributed by atoms with van der Waals surface area (Å²) in [4.78, 5) is 0. The molecule has 0 N–H and O–H groups in total. The third-order valence-electron chi connectivity index (χ3n) is 2.90. The van der Waals surface area contributed by atoms with Crippen LogP contribution in [0, 0.1) is 0 Å². The zero-order chi connectivity index (χ0) is 12.8. The molecule has 0 fully saturated rings. The number of rotatable bonds is 5. The van der Waals surface area contributed by atoms with Gasteiger partial charge >= 0.3 is 122 Å². The van der Waals surface area contributed by atoms with Crippen molar-refractivity contribution in [3.8, 4) is 0 Å². The standard InChI is InChI=1S/C16H18Se2/c1-3-13-5-9-15(10-6-13)17-18-16-11-7-14(4-2)8-12-16/h5-12H,3-4H2,1-2H3. The molecule has 0 saturated heterocycles. The number of hydrogen-bond donors (Lipinski definition) is 0. The molecule has 2 heteroatoms. The van der Waals surface area contributed by atoms with Crippen molar-refractivity contribution in [1.29, 1.82) is 0 Å². The van der Waals surface area contributed by atoms with Crippen molar-refractivity contribution in [2.75, 3.05) is 0 Å². The molecule has 18 heavy (non-hydrogen) atoms. The van der Waals surface area contributed by atoms with Crippen molar-refractivity contribution in [3.05, 3.63) is 59.7 Å². The van der Waals surface area contributed by atoms with E-state index in [1.807, 2.05) is 0 Å². The van der Waals surface area contributed by atoms with Gasteiger partial charge in [-0.2, -0.15) is 0 Å². The molecule has 2 rings (SSSR count). The molecule has 2 aromatic rings. The maximum atomic E-state index is 2.31. The summed E-state index contributed by atoms with van der Waals surface area (Å²) in [5.41, 5.74) is 2.88. The van der Waals surface area contributed by atoms with Crippen molar-refractivity contribution in [2.45, 2.75) is 26.7 Å². The van der Waals surface area contributed by atoms with Crippen LogP contribution in [0.4, 0.5) is 0 Å². The minimum atomic E-state index is 0.618. The van der Waals surface area contributed by atoms with Gasteiger partial charge in [-0.05, 0) is 0 Å². The molecule has 0 aliphatic heterocycles. The molecule has 0 aliphatic rings. The summed E-state index contributed by atoms with van der Waals surface area (Å²) in [6, 6.07) is 18.3. The zero-order valence-electron chi connectivity index (χ0n) is 10.8. The van der Waals surface area contributed by atoms with Crippen LogP contribution in [0.15, 0.2) is 48.5 Å². The SMILES string of the molecule is CCc1ccc([Se][Se]c2ccc(CC)cc2)cc1. The molecular weight excluding hydrogens is 350 g/mol. The van der Waals surface area contributed by atoms with Gasteiger partial charge in [-0.25, -0.2) is 0 Å². The first-order valence-electron chi connectivity index (χ1n) is 6.34. The Morgan fingerprint density at radius 2 is 0.944 bits per heavy atom. The van der Waals surface area contributed by atoms with Crippen LogP contribution in [-0.4, -0.2) is 26.3 Å². The van der Waals surface area contributed by atoms with Gasteiger partial charge < -0.3 is 0 Å². The van der Waals surface area contributed by atoms with Crippen LogP contribution in [-0.2, 0) is 12.8 Å². The summed E-state index contributed by atoms with van der Waals surface area (Å²) < 4.78 is 3.05. The topological polar surface area (TPSA) is 0 Å². The number of benzene rings is 2. The predicted molar refractivity (Wildman–Crippen MR) is 82.4 cm³/mol.